The minimum Gasteiger partial charge on any atom is -0.316 e. The average Bonchev–Trinajstić information content (AvgIpc) is 2.62. The van der Waals surface area contributed by atoms with E-state index in [2.05, 4.69) is 51.1 Å². The quantitative estimate of drug-likeness (QED) is 0.773. The Morgan fingerprint density at radius 1 is 1.17 bits per heavy atom. The molecule has 104 valence electrons. The number of aromatic nitrogens is 1. The maximum absolute atomic E-state index is 4.36. The number of nitrogens with zero attached hydrogens (tertiary/aromatic N) is 1. The summed E-state index contributed by atoms with van der Waals surface area (Å²) in [4.78, 5) is 5.79. The summed E-state index contributed by atoms with van der Waals surface area (Å²) in [5.74, 6) is 2.24. The largest absolute Gasteiger partial charge is 0.316 e. The first-order valence-corrected chi connectivity index (χ1v) is 7.91. The number of hydrogen-bond acceptors (Lipinski definition) is 3. The molecule has 0 radical (unpaired) electrons. The second kappa shape index (κ2) is 7.90. The van der Waals surface area contributed by atoms with Crippen molar-refractivity contribution < 1.29 is 0 Å². The number of nitrogens with one attached hydrogen (secondary N) is 1. The minimum absolute atomic E-state index is 0.732. The van der Waals surface area contributed by atoms with Gasteiger partial charge in [-0.05, 0) is 50.6 Å². The van der Waals surface area contributed by atoms with Gasteiger partial charge in [-0.3, -0.25) is 0 Å². The Morgan fingerprint density at radius 2 is 1.89 bits per heavy atom. The molecule has 2 nitrogen and oxygen atoms in total. The fraction of sp³-hybridized carbons (Fsp3) is 0.800. The lowest BCUT2D eigenvalue weighted by atomic mass is 9.93. The minimum atomic E-state index is 0.732. The van der Waals surface area contributed by atoms with Gasteiger partial charge in [0, 0.05) is 11.1 Å². The zero-order valence-electron chi connectivity index (χ0n) is 12.5. The molecule has 0 fully saturated rings. The number of hydrogen-bond donors (Lipinski definition) is 1. The first kappa shape index (κ1) is 15.6. The molecule has 0 bridgehead atoms. The van der Waals surface area contributed by atoms with Crippen molar-refractivity contribution in [2.75, 3.05) is 13.1 Å². The van der Waals surface area contributed by atoms with Crippen LogP contribution in [0.1, 0.15) is 44.0 Å². The van der Waals surface area contributed by atoms with Crippen molar-refractivity contribution in [3.8, 4) is 0 Å². The van der Waals surface area contributed by atoms with Crippen LogP contribution >= 0.6 is 11.3 Å². The molecule has 0 saturated heterocycles. The van der Waals surface area contributed by atoms with Crippen molar-refractivity contribution in [2.45, 2.75) is 47.5 Å². The van der Waals surface area contributed by atoms with Crippen molar-refractivity contribution in [2.24, 2.45) is 17.8 Å². The maximum atomic E-state index is 4.36. The molecule has 1 aromatic heterocycles. The van der Waals surface area contributed by atoms with Gasteiger partial charge in [-0.1, -0.05) is 27.7 Å². The summed E-state index contributed by atoms with van der Waals surface area (Å²) in [6.07, 6.45) is 4.52. The highest BCUT2D eigenvalue weighted by Gasteiger charge is 2.13. The Morgan fingerprint density at radius 3 is 2.39 bits per heavy atom. The third kappa shape index (κ3) is 6.50. The number of aryl methyl sites for hydroxylation is 1. The zero-order valence-corrected chi connectivity index (χ0v) is 13.3. The van der Waals surface area contributed by atoms with Crippen LogP contribution in [0, 0.1) is 24.7 Å². The van der Waals surface area contributed by atoms with E-state index in [1.54, 1.807) is 0 Å². The van der Waals surface area contributed by atoms with E-state index in [0.717, 1.165) is 30.8 Å². The van der Waals surface area contributed by atoms with E-state index < -0.39 is 0 Å². The van der Waals surface area contributed by atoms with Crippen molar-refractivity contribution in [1.82, 2.24) is 10.3 Å². The molecule has 0 saturated carbocycles. The molecule has 1 unspecified atom stereocenters. The van der Waals surface area contributed by atoms with Crippen molar-refractivity contribution >= 4 is 11.3 Å². The van der Waals surface area contributed by atoms with E-state index in [0.29, 0.717) is 0 Å². The van der Waals surface area contributed by atoms with Crippen LogP contribution in [-0.4, -0.2) is 18.1 Å². The van der Waals surface area contributed by atoms with Crippen molar-refractivity contribution in [1.29, 1.82) is 0 Å². The van der Waals surface area contributed by atoms with E-state index in [-0.39, 0.29) is 0 Å². The number of thiazole rings is 1. The SMILES string of the molecule is Cc1ncc(CC(CNCC(C)C)CC(C)C)s1. The van der Waals surface area contributed by atoms with Gasteiger partial charge < -0.3 is 5.32 Å². The molecule has 1 N–H and O–H groups in total. The van der Waals surface area contributed by atoms with Crippen LogP contribution < -0.4 is 5.32 Å². The maximum Gasteiger partial charge on any atom is 0.0896 e. The lowest BCUT2D eigenvalue weighted by molar-refractivity contribution is 0.377. The molecule has 0 aliphatic rings. The third-order valence-corrected chi connectivity index (χ3v) is 3.88. The predicted molar refractivity (Wildman–Crippen MR) is 81.2 cm³/mol. The van der Waals surface area contributed by atoms with Gasteiger partial charge in [0.25, 0.3) is 0 Å². The van der Waals surface area contributed by atoms with E-state index in [1.165, 1.54) is 22.7 Å². The second-order valence-corrected chi connectivity index (χ2v) is 7.42. The van der Waals surface area contributed by atoms with Gasteiger partial charge in [0.05, 0.1) is 5.01 Å². The van der Waals surface area contributed by atoms with Crippen LogP contribution in [0.3, 0.4) is 0 Å². The monoisotopic (exact) mass is 268 g/mol. The molecular formula is C15H28N2S. The van der Waals surface area contributed by atoms with E-state index in [9.17, 15) is 0 Å². The molecular weight excluding hydrogens is 240 g/mol. The molecule has 0 spiro atoms. The van der Waals surface area contributed by atoms with Gasteiger partial charge in [0.15, 0.2) is 0 Å². The van der Waals surface area contributed by atoms with Crippen LogP contribution in [0.2, 0.25) is 0 Å². The van der Waals surface area contributed by atoms with Gasteiger partial charge in [-0.25, -0.2) is 4.98 Å². The highest BCUT2D eigenvalue weighted by molar-refractivity contribution is 7.11. The second-order valence-electron chi connectivity index (χ2n) is 6.10. The lowest BCUT2D eigenvalue weighted by Gasteiger charge is -2.19. The fourth-order valence-corrected chi connectivity index (χ4v) is 3.18. The summed E-state index contributed by atoms with van der Waals surface area (Å²) >= 11 is 1.84. The Labute approximate surface area is 116 Å². The standard InChI is InChI=1S/C15H28N2S/c1-11(2)6-14(9-16-8-12(3)4)7-15-10-17-13(5)18-15/h10-12,14,16H,6-9H2,1-5H3. The molecule has 1 rings (SSSR count). The molecule has 18 heavy (non-hydrogen) atoms. The third-order valence-electron chi connectivity index (χ3n) is 2.95. The summed E-state index contributed by atoms with van der Waals surface area (Å²) in [7, 11) is 0. The smallest absolute Gasteiger partial charge is 0.0896 e. The molecule has 0 aromatic carbocycles. The van der Waals surface area contributed by atoms with Crippen LogP contribution in [0.4, 0.5) is 0 Å². The summed E-state index contributed by atoms with van der Waals surface area (Å²) < 4.78 is 0. The summed E-state index contributed by atoms with van der Waals surface area (Å²) in [5.41, 5.74) is 0. The molecule has 1 atom stereocenters. The zero-order chi connectivity index (χ0) is 13.5. The van der Waals surface area contributed by atoms with Crippen LogP contribution in [-0.2, 0) is 6.42 Å². The van der Waals surface area contributed by atoms with Gasteiger partial charge in [0.1, 0.15) is 0 Å². The first-order valence-electron chi connectivity index (χ1n) is 7.09. The van der Waals surface area contributed by atoms with Gasteiger partial charge in [-0.2, -0.15) is 0 Å². The first-order chi connectivity index (χ1) is 8.47. The lowest BCUT2D eigenvalue weighted by Crippen LogP contribution is -2.28. The molecule has 3 heteroatoms. The fourth-order valence-electron chi connectivity index (χ4n) is 2.27. The average molecular weight is 268 g/mol. The van der Waals surface area contributed by atoms with Crippen molar-refractivity contribution in [3.05, 3.63) is 16.1 Å². The molecule has 0 aliphatic heterocycles. The van der Waals surface area contributed by atoms with E-state index in [4.69, 9.17) is 0 Å². The van der Waals surface area contributed by atoms with Crippen LogP contribution in [0.15, 0.2) is 6.20 Å². The topological polar surface area (TPSA) is 24.9 Å². The Balaban J connectivity index is 2.44. The molecule has 1 aromatic rings. The van der Waals surface area contributed by atoms with E-state index >= 15 is 0 Å². The molecule has 0 amide bonds. The summed E-state index contributed by atoms with van der Waals surface area (Å²) in [5, 5.41) is 4.79. The normalized spacial score (nSPS) is 13.5. The predicted octanol–water partition coefficient (Wildman–Crippen LogP) is 3.90. The van der Waals surface area contributed by atoms with Gasteiger partial charge in [-0.15, -0.1) is 11.3 Å². The summed E-state index contributed by atoms with van der Waals surface area (Å²) in [6, 6.07) is 0. The van der Waals surface area contributed by atoms with E-state index in [1.807, 2.05) is 11.3 Å². The van der Waals surface area contributed by atoms with Crippen LogP contribution in [0.25, 0.3) is 0 Å². The number of rotatable bonds is 8. The molecule has 1 heterocycles. The summed E-state index contributed by atoms with van der Waals surface area (Å²) in [6.45, 7) is 13.5. The Kier molecular flexibility index (Phi) is 6.87. The highest BCUT2D eigenvalue weighted by Crippen LogP contribution is 2.20. The highest BCUT2D eigenvalue weighted by atomic mass is 32.1. The molecule has 0 aliphatic carbocycles. The van der Waals surface area contributed by atoms with Crippen LogP contribution in [0.5, 0.6) is 0 Å². The van der Waals surface area contributed by atoms with Gasteiger partial charge >= 0.3 is 0 Å². The Bertz CT molecular complexity index is 331. The van der Waals surface area contributed by atoms with Gasteiger partial charge in [0.2, 0.25) is 0 Å². The van der Waals surface area contributed by atoms with Crippen molar-refractivity contribution in [3.63, 3.8) is 0 Å². The Hall–Kier alpha value is -0.410.